The number of fused-ring (bicyclic) bond motifs is 1. The summed E-state index contributed by atoms with van der Waals surface area (Å²) in [4.78, 5) is 12.5. The van der Waals surface area contributed by atoms with Gasteiger partial charge in [0.2, 0.25) is 0 Å². The largest absolute Gasteiger partial charge is 0.449 e. The Morgan fingerprint density at radius 2 is 1.29 bits per heavy atom. The maximum Gasteiger partial charge on any atom is 0.407 e. The molecule has 2 aliphatic rings. The molecular formula is C40H49NO7. The number of ether oxygens (including phenoxy) is 5. The summed E-state index contributed by atoms with van der Waals surface area (Å²) in [5, 5.41) is 14.1. The summed E-state index contributed by atoms with van der Waals surface area (Å²) < 4.78 is 29.7. The first-order valence-electron chi connectivity index (χ1n) is 17.1. The van der Waals surface area contributed by atoms with Crippen LogP contribution in [-0.4, -0.2) is 63.9 Å². The van der Waals surface area contributed by atoms with E-state index in [1.165, 1.54) is 0 Å². The predicted molar refractivity (Wildman–Crippen MR) is 184 cm³/mol. The van der Waals surface area contributed by atoms with Crippen LogP contribution in [0.1, 0.15) is 61.6 Å². The van der Waals surface area contributed by atoms with Gasteiger partial charge in [0.1, 0.15) is 5.60 Å². The third-order valence-electron chi connectivity index (χ3n) is 9.45. The lowest BCUT2D eigenvalue weighted by Gasteiger charge is -2.39. The second kappa shape index (κ2) is 18.2. The molecule has 1 fully saturated rings. The van der Waals surface area contributed by atoms with E-state index in [2.05, 4.69) is 17.2 Å². The molecule has 8 nitrogen and oxygen atoms in total. The molecule has 2 aliphatic carbocycles. The van der Waals surface area contributed by atoms with E-state index in [0.29, 0.717) is 30.7 Å². The summed E-state index contributed by atoms with van der Waals surface area (Å²) in [6.45, 7) is 1.09. The van der Waals surface area contributed by atoms with Crippen molar-refractivity contribution in [1.29, 1.82) is 0 Å². The van der Waals surface area contributed by atoms with Gasteiger partial charge in [0, 0.05) is 52.9 Å². The Labute approximate surface area is 285 Å². The van der Waals surface area contributed by atoms with Crippen molar-refractivity contribution >= 4 is 6.09 Å². The Morgan fingerprint density at radius 3 is 1.79 bits per heavy atom. The van der Waals surface area contributed by atoms with Crippen LogP contribution in [0.25, 0.3) is 0 Å². The smallest absolute Gasteiger partial charge is 0.407 e. The van der Waals surface area contributed by atoms with E-state index >= 15 is 0 Å². The molecule has 3 aromatic rings. The maximum atomic E-state index is 12.5. The quantitative estimate of drug-likeness (QED) is 0.0686. The summed E-state index contributed by atoms with van der Waals surface area (Å²) in [6, 6.07) is 30.1. The van der Waals surface area contributed by atoms with Crippen LogP contribution in [-0.2, 0) is 29.3 Å². The first kappa shape index (κ1) is 35.6. The van der Waals surface area contributed by atoms with Crippen LogP contribution in [0.4, 0.5) is 4.79 Å². The van der Waals surface area contributed by atoms with Crippen LogP contribution in [0, 0.1) is 29.6 Å². The normalized spacial score (nSPS) is 20.0. The molecule has 2 N–H and O–H groups in total. The highest BCUT2D eigenvalue weighted by Crippen LogP contribution is 2.52. The number of rotatable bonds is 18. The number of amides is 1. The van der Waals surface area contributed by atoms with Gasteiger partial charge < -0.3 is 34.1 Å². The molecule has 4 atom stereocenters. The van der Waals surface area contributed by atoms with Crippen molar-refractivity contribution in [3.63, 3.8) is 0 Å². The van der Waals surface area contributed by atoms with E-state index < -0.39 is 30.4 Å². The van der Waals surface area contributed by atoms with Crippen molar-refractivity contribution in [2.45, 2.75) is 69.2 Å². The monoisotopic (exact) mass is 655 g/mol. The number of hydrogen-bond acceptors (Lipinski definition) is 7. The van der Waals surface area contributed by atoms with Crippen molar-refractivity contribution in [1.82, 2.24) is 5.32 Å². The van der Waals surface area contributed by atoms with Gasteiger partial charge in [0.15, 0.2) is 12.6 Å². The van der Waals surface area contributed by atoms with E-state index in [-0.39, 0.29) is 26.1 Å². The van der Waals surface area contributed by atoms with Gasteiger partial charge in [-0.1, -0.05) is 91.0 Å². The zero-order chi connectivity index (χ0) is 33.6. The molecule has 8 heteroatoms. The summed E-state index contributed by atoms with van der Waals surface area (Å²) in [7, 11) is 3.09. The van der Waals surface area contributed by atoms with Crippen LogP contribution < -0.4 is 5.32 Å². The van der Waals surface area contributed by atoms with Gasteiger partial charge in [0.25, 0.3) is 0 Å². The zero-order valence-corrected chi connectivity index (χ0v) is 28.1. The minimum Gasteiger partial charge on any atom is -0.449 e. The zero-order valence-electron chi connectivity index (χ0n) is 28.1. The fourth-order valence-corrected chi connectivity index (χ4v) is 6.93. The molecule has 1 saturated carbocycles. The van der Waals surface area contributed by atoms with Gasteiger partial charge in [-0.25, -0.2) is 4.79 Å². The molecule has 1 amide bonds. The van der Waals surface area contributed by atoms with Gasteiger partial charge in [-0.05, 0) is 47.3 Å². The van der Waals surface area contributed by atoms with E-state index in [1.54, 1.807) is 14.2 Å². The van der Waals surface area contributed by atoms with E-state index in [4.69, 9.17) is 23.7 Å². The van der Waals surface area contributed by atoms with Crippen molar-refractivity contribution in [3.05, 3.63) is 108 Å². The second-order valence-electron chi connectivity index (χ2n) is 12.5. The fraction of sp³-hybridized carbons (Fsp3) is 0.475. The standard InChI is InChI=1S/C40H49NO7/c1-44-37(45-2)27-33(42)28-38(46-25-16-26-47-39(43)41-29-36-34-23-14-3-4-15-24-35(34)36)48-40(30-17-8-5-9-18-30,31-19-10-6-11-20-31)32-21-12-7-13-22-32/h5-13,17-22,33-38,42H,14-16,23-29H2,1-2H3,(H,41,43). The van der Waals surface area contributed by atoms with Crippen molar-refractivity contribution in [3.8, 4) is 11.8 Å². The molecule has 0 radical (unpaired) electrons. The highest BCUT2D eigenvalue weighted by atomic mass is 16.7. The molecular weight excluding hydrogens is 606 g/mol. The second-order valence-corrected chi connectivity index (χ2v) is 12.5. The third-order valence-corrected chi connectivity index (χ3v) is 9.45. The number of hydrogen-bond donors (Lipinski definition) is 2. The minimum atomic E-state index is -1.05. The van der Waals surface area contributed by atoms with E-state index in [9.17, 15) is 9.90 Å². The predicted octanol–water partition coefficient (Wildman–Crippen LogP) is 6.65. The molecule has 0 saturated heterocycles. The minimum absolute atomic E-state index is 0.160. The number of carbonyl (C=O) groups is 1. The summed E-state index contributed by atoms with van der Waals surface area (Å²) in [5.41, 5.74) is 1.72. The molecule has 0 heterocycles. The Bertz CT molecular complexity index is 1320. The number of aliphatic hydroxyl groups is 1. The average Bonchev–Trinajstić information content (AvgIpc) is 3.77. The van der Waals surface area contributed by atoms with Crippen molar-refractivity contribution < 1.29 is 33.6 Å². The van der Waals surface area contributed by atoms with Crippen LogP contribution >= 0.6 is 0 Å². The SMILES string of the molecule is COC(CC(O)CC(OCCCOC(=O)NCC1C2CCC#CCCC21)OC(c1ccccc1)(c1ccccc1)c1ccccc1)OC. The maximum absolute atomic E-state index is 12.5. The molecule has 0 aliphatic heterocycles. The van der Waals surface area contributed by atoms with Gasteiger partial charge >= 0.3 is 6.09 Å². The number of alkyl carbamates (subject to hydrolysis) is 1. The lowest BCUT2D eigenvalue weighted by atomic mass is 9.80. The molecule has 0 bridgehead atoms. The summed E-state index contributed by atoms with van der Waals surface area (Å²) in [6.07, 6.45) is 2.34. The first-order chi connectivity index (χ1) is 23.5. The summed E-state index contributed by atoms with van der Waals surface area (Å²) in [5.74, 6) is 8.31. The molecule has 256 valence electrons. The highest BCUT2D eigenvalue weighted by Gasteiger charge is 2.48. The van der Waals surface area contributed by atoms with Crippen LogP contribution in [0.5, 0.6) is 0 Å². The average molecular weight is 656 g/mol. The molecule has 3 aromatic carbocycles. The van der Waals surface area contributed by atoms with Gasteiger partial charge in [0.05, 0.1) is 19.3 Å². The van der Waals surface area contributed by atoms with Gasteiger partial charge in [-0.2, -0.15) is 0 Å². The Kier molecular flexibility index (Phi) is 13.5. The van der Waals surface area contributed by atoms with Gasteiger partial charge in [-0.3, -0.25) is 0 Å². The van der Waals surface area contributed by atoms with Gasteiger partial charge in [-0.15, -0.1) is 11.8 Å². The molecule has 0 aromatic heterocycles. The van der Waals surface area contributed by atoms with E-state index in [0.717, 1.165) is 42.4 Å². The number of nitrogens with one attached hydrogen (secondary N) is 1. The molecule has 5 rings (SSSR count). The van der Waals surface area contributed by atoms with Crippen molar-refractivity contribution in [2.75, 3.05) is 34.0 Å². The number of aliphatic hydroxyl groups excluding tert-OH is 1. The third kappa shape index (κ3) is 9.46. The highest BCUT2D eigenvalue weighted by molar-refractivity contribution is 5.67. The van der Waals surface area contributed by atoms with Crippen LogP contribution in [0.2, 0.25) is 0 Å². The first-order valence-corrected chi connectivity index (χ1v) is 17.1. The molecule has 0 spiro atoms. The Balaban J connectivity index is 1.26. The fourth-order valence-electron chi connectivity index (χ4n) is 6.93. The van der Waals surface area contributed by atoms with E-state index in [1.807, 2.05) is 91.0 Å². The number of benzene rings is 3. The molecule has 48 heavy (non-hydrogen) atoms. The summed E-state index contributed by atoms with van der Waals surface area (Å²) >= 11 is 0. The lowest BCUT2D eigenvalue weighted by Crippen LogP contribution is -2.40. The van der Waals surface area contributed by atoms with Crippen LogP contribution in [0.15, 0.2) is 91.0 Å². The Hall–Kier alpha value is -3.71. The molecule has 4 unspecified atom stereocenters. The van der Waals surface area contributed by atoms with Crippen molar-refractivity contribution in [2.24, 2.45) is 17.8 Å². The number of methoxy groups -OCH3 is 2. The topological polar surface area (TPSA) is 95.5 Å². The Morgan fingerprint density at radius 1 is 0.792 bits per heavy atom. The van der Waals surface area contributed by atoms with Crippen LogP contribution in [0.3, 0.4) is 0 Å². The lowest BCUT2D eigenvalue weighted by molar-refractivity contribution is -0.207. The number of carbonyl (C=O) groups excluding carboxylic acids is 1.